The average Bonchev–Trinajstić information content (AvgIpc) is 3.16. The fourth-order valence-corrected chi connectivity index (χ4v) is 3.49. The number of methoxy groups -OCH3 is 1. The molecule has 28 heavy (non-hydrogen) atoms. The molecule has 144 valence electrons. The van der Waals surface area contributed by atoms with Gasteiger partial charge in [0.2, 0.25) is 5.82 Å². The van der Waals surface area contributed by atoms with Crippen LogP contribution in [0.15, 0.2) is 53.1 Å². The van der Waals surface area contributed by atoms with Crippen LogP contribution in [0.3, 0.4) is 0 Å². The Morgan fingerprint density at radius 2 is 2.00 bits per heavy atom. The van der Waals surface area contributed by atoms with Gasteiger partial charge in [0, 0.05) is 10.6 Å². The molecule has 4 rings (SSSR count). The minimum atomic E-state index is -0.611. The first-order valence-corrected chi connectivity index (χ1v) is 9.39. The van der Waals surface area contributed by atoms with Crippen LogP contribution < -0.4 is 4.74 Å². The number of nitrogens with zero attached hydrogens (tertiary/aromatic N) is 2. The van der Waals surface area contributed by atoms with E-state index in [0.29, 0.717) is 16.6 Å². The average molecular weight is 399 g/mol. The molecular formula is C21H19ClN2O4. The van der Waals surface area contributed by atoms with Gasteiger partial charge < -0.3 is 14.0 Å². The molecule has 0 aliphatic heterocycles. The Hall–Kier alpha value is -2.86. The zero-order chi connectivity index (χ0) is 19.6. The highest BCUT2D eigenvalue weighted by Gasteiger charge is 2.47. The van der Waals surface area contributed by atoms with Crippen molar-refractivity contribution in [3.8, 4) is 17.1 Å². The third kappa shape index (κ3) is 3.47. The van der Waals surface area contributed by atoms with E-state index in [2.05, 4.69) is 10.1 Å². The third-order valence-corrected chi connectivity index (χ3v) is 5.37. The maximum atomic E-state index is 12.8. The molecule has 2 aromatic carbocycles. The van der Waals surface area contributed by atoms with Crippen LogP contribution in [0.2, 0.25) is 5.02 Å². The minimum absolute atomic E-state index is 0.0643. The summed E-state index contributed by atoms with van der Waals surface area (Å²) < 4.78 is 16.0. The normalized spacial score (nSPS) is 14.9. The van der Waals surface area contributed by atoms with Gasteiger partial charge in [0.15, 0.2) is 6.61 Å². The smallest absolute Gasteiger partial charge is 0.317 e. The van der Waals surface area contributed by atoms with Gasteiger partial charge >= 0.3 is 5.97 Å². The second-order valence-corrected chi connectivity index (χ2v) is 7.20. The maximum Gasteiger partial charge on any atom is 0.317 e. The molecule has 1 aliphatic carbocycles. The number of ether oxygens (including phenoxy) is 2. The topological polar surface area (TPSA) is 74.5 Å². The van der Waals surface area contributed by atoms with Gasteiger partial charge in [-0.15, -0.1) is 0 Å². The lowest BCUT2D eigenvalue weighted by molar-refractivity contribution is -0.156. The van der Waals surface area contributed by atoms with Crippen molar-refractivity contribution >= 4 is 17.6 Å². The summed E-state index contributed by atoms with van der Waals surface area (Å²) in [7, 11) is 1.59. The van der Waals surface area contributed by atoms with E-state index in [0.717, 1.165) is 30.4 Å². The summed E-state index contributed by atoms with van der Waals surface area (Å²) in [5, 5.41) is 4.60. The van der Waals surface area contributed by atoms with Crippen LogP contribution in [0, 0.1) is 0 Å². The maximum absolute atomic E-state index is 12.8. The third-order valence-electron chi connectivity index (χ3n) is 5.12. The zero-order valence-electron chi connectivity index (χ0n) is 15.4. The molecule has 0 N–H and O–H groups in total. The summed E-state index contributed by atoms with van der Waals surface area (Å²) in [5.74, 6) is 1.09. The van der Waals surface area contributed by atoms with Crippen LogP contribution >= 0.6 is 11.6 Å². The van der Waals surface area contributed by atoms with Crippen LogP contribution in [0.25, 0.3) is 11.4 Å². The summed E-state index contributed by atoms with van der Waals surface area (Å²) in [6.45, 7) is -0.0643. The first-order chi connectivity index (χ1) is 13.6. The van der Waals surface area contributed by atoms with Crippen molar-refractivity contribution in [3.05, 3.63) is 65.0 Å². The number of benzene rings is 2. The second kappa shape index (κ2) is 7.64. The molecule has 7 heteroatoms. The van der Waals surface area contributed by atoms with Crippen molar-refractivity contribution in [2.24, 2.45) is 0 Å². The number of hydrogen-bond acceptors (Lipinski definition) is 6. The van der Waals surface area contributed by atoms with Crippen LogP contribution in [0.4, 0.5) is 0 Å². The summed E-state index contributed by atoms with van der Waals surface area (Å²) in [5.41, 5.74) is 1.08. The summed E-state index contributed by atoms with van der Waals surface area (Å²) in [6, 6.07) is 14.7. The fourth-order valence-electron chi connectivity index (χ4n) is 3.37. The number of carbonyl (C=O) groups excluding carboxylic acids is 1. The number of rotatable bonds is 6. The number of aromatic nitrogens is 2. The molecule has 0 bridgehead atoms. The Labute approximate surface area is 167 Å². The van der Waals surface area contributed by atoms with E-state index >= 15 is 0 Å². The van der Waals surface area contributed by atoms with Gasteiger partial charge in [-0.2, -0.15) is 4.98 Å². The molecule has 1 aromatic heterocycles. The lowest BCUT2D eigenvalue weighted by Crippen LogP contribution is -2.43. The van der Waals surface area contributed by atoms with Crippen molar-refractivity contribution in [3.63, 3.8) is 0 Å². The molecule has 1 aliphatic rings. The van der Waals surface area contributed by atoms with Crippen molar-refractivity contribution in [1.29, 1.82) is 0 Å². The second-order valence-electron chi connectivity index (χ2n) is 6.76. The van der Waals surface area contributed by atoms with Crippen molar-refractivity contribution in [1.82, 2.24) is 10.1 Å². The predicted octanol–water partition coefficient (Wildman–Crippen LogP) is 4.56. The highest BCUT2D eigenvalue weighted by molar-refractivity contribution is 6.30. The minimum Gasteiger partial charge on any atom is -0.497 e. The Morgan fingerprint density at radius 3 is 2.68 bits per heavy atom. The van der Waals surface area contributed by atoms with Crippen LogP contribution in [-0.4, -0.2) is 23.2 Å². The van der Waals surface area contributed by atoms with Crippen molar-refractivity contribution in [2.45, 2.75) is 31.3 Å². The first kappa shape index (κ1) is 18.5. The number of halogens is 1. The van der Waals surface area contributed by atoms with Gasteiger partial charge in [-0.25, -0.2) is 0 Å². The molecule has 0 atom stereocenters. The van der Waals surface area contributed by atoms with Crippen molar-refractivity contribution in [2.75, 3.05) is 7.11 Å². The van der Waals surface area contributed by atoms with E-state index < -0.39 is 5.41 Å². The predicted molar refractivity (Wildman–Crippen MR) is 103 cm³/mol. The highest BCUT2D eigenvalue weighted by Crippen LogP contribution is 2.45. The first-order valence-electron chi connectivity index (χ1n) is 9.01. The summed E-state index contributed by atoms with van der Waals surface area (Å²) >= 11 is 5.96. The molecule has 0 amide bonds. The van der Waals surface area contributed by atoms with Gasteiger partial charge in [-0.05, 0) is 42.7 Å². The number of carbonyl (C=O) groups is 1. The van der Waals surface area contributed by atoms with Crippen LogP contribution in [0.5, 0.6) is 5.75 Å². The lowest BCUT2D eigenvalue weighted by atomic mass is 9.64. The van der Waals surface area contributed by atoms with Crippen molar-refractivity contribution < 1.29 is 18.8 Å². The van der Waals surface area contributed by atoms with Gasteiger partial charge in [0.05, 0.1) is 12.5 Å². The SMILES string of the molecule is COc1cccc(-c2noc(COC(=O)C3(c4ccc(Cl)cc4)CCC3)n2)c1. The number of esters is 1. The molecule has 6 nitrogen and oxygen atoms in total. The molecule has 1 fully saturated rings. The van der Waals surface area contributed by atoms with E-state index in [1.807, 2.05) is 36.4 Å². The van der Waals surface area contributed by atoms with Gasteiger partial charge in [-0.3, -0.25) is 4.79 Å². The van der Waals surface area contributed by atoms with Crippen LogP contribution in [-0.2, 0) is 21.6 Å². The molecule has 3 aromatic rings. The quantitative estimate of drug-likeness (QED) is 0.566. The Bertz CT molecular complexity index is 980. The number of hydrogen-bond donors (Lipinski definition) is 0. The molecule has 0 saturated heterocycles. The summed E-state index contributed by atoms with van der Waals surface area (Å²) in [4.78, 5) is 17.1. The Balaban J connectivity index is 1.45. The van der Waals surface area contributed by atoms with E-state index in [1.54, 1.807) is 19.2 Å². The Morgan fingerprint density at radius 1 is 1.21 bits per heavy atom. The van der Waals surface area contributed by atoms with E-state index in [-0.39, 0.29) is 18.5 Å². The monoisotopic (exact) mass is 398 g/mol. The van der Waals surface area contributed by atoms with E-state index in [9.17, 15) is 4.79 Å². The van der Waals surface area contributed by atoms with Gasteiger partial charge in [0.1, 0.15) is 5.75 Å². The molecule has 1 saturated carbocycles. The van der Waals surface area contributed by atoms with Gasteiger partial charge in [0.25, 0.3) is 5.89 Å². The Kier molecular flexibility index (Phi) is 5.05. The summed E-state index contributed by atoms with van der Waals surface area (Å²) in [6.07, 6.45) is 2.50. The molecule has 0 unspecified atom stereocenters. The van der Waals surface area contributed by atoms with E-state index in [1.165, 1.54) is 0 Å². The van der Waals surface area contributed by atoms with Crippen LogP contribution in [0.1, 0.15) is 30.7 Å². The fraction of sp³-hybridized carbons (Fsp3) is 0.286. The molecular weight excluding hydrogens is 380 g/mol. The molecule has 0 spiro atoms. The molecule has 0 radical (unpaired) electrons. The zero-order valence-corrected chi connectivity index (χ0v) is 16.1. The highest BCUT2D eigenvalue weighted by atomic mass is 35.5. The van der Waals surface area contributed by atoms with Gasteiger partial charge in [-0.1, -0.05) is 47.4 Å². The standard InChI is InChI=1S/C21H19ClN2O4/c1-26-17-5-2-4-14(12-17)19-23-18(28-24-19)13-27-20(25)21(10-3-11-21)15-6-8-16(22)9-7-15/h2,4-9,12H,3,10-11,13H2,1H3. The molecule has 1 heterocycles. The van der Waals surface area contributed by atoms with E-state index in [4.69, 9.17) is 25.6 Å². The lowest BCUT2D eigenvalue weighted by Gasteiger charge is -2.39. The largest absolute Gasteiger partial charge is 0.497 e.